The smallest absolute Gasteiger partial charge is 0.252 e. The molecule has 1 saturated heterocycles. The molecule has 1 aliphatic rings. The van der Waals surface area contributed by atoms with Gasteiger partial charge in [0.2, 0.25) is 0 Å². The van der Waals surface area contributed by atoms with Gasteiger partial charge in [0, 0.05) is 24.8 Å². The molecule has 4 N–H and O–H groups in total. The van der Waals surface area contributed by atoms with Crippen LogP contribution in [0.15, 0.2) is 18.2 Å². The minimum atomic E-state index is -0.528. The van der Waals surface area contributed by atoms with Crippen molar-refractivity contribution in [2.24, 2.45) is 5.73 Å². The third kappa shape index (κ3) is 3.61. The third-order valence-corrected chi connectivity index (χ3v) is 3.37. The number of nitrogens with zero attached hydrogens (tertiary/aromatic N) is 1. The summed E-state index contributed by atoms with van der Waals surface area (Å²) < 4.78 is 11.3. The lowest BCUT2D eigenvalue weighted by molar-refractivity contribution is -0.0464. The van der Waals surface area contributed by atoms with Crippen LogP contribution in [0.5, 0.6) is 5.75 Å². The van der Waals surface area contributed by atoms with Gasteiger partial charge in [-0.3, -0.25) is 9.69 Å². The standard InChI is InChI=1S/C14H21N3O3/c1-2-17-5-6-19-11(8-17)9-20-13-7-10(15)3-4-12(13)14(16)18/h3-4,7,11H,2,5-6,8-9,15H2,1H3,(H2,16,18). The number of benzene rings is 1. The molecule has 1 unspecified atom stereocenters. The summed E-state index contributed by atoms with van der Waals surface area (Å²) in [7, 11) is 0. The van der Waals surface area contributed by atoms with E-state index in [4.69, 9.17) is 20.9 Å². The maximum absolute atomic E-state index is 11.3. The number of hydrogen-bond acceptors (Lipinski definition) is 5. The highest BCUT2D eigenvalue weighted by molar-refractivity contribution is 5.96. The molecule has 0 aliphatic carbocycles. The Bertz CT molecular complexity index is 479. The number of carbonyl (C=O) groups excluding carboxylic acids is 1. The van der Waals surface area contributed by atoms with Gasteiger partial charge in [-0.25, -0.2) is 0 Å². The fourth-order valence-corrected chi connectivity index (χ4v) is 2.21. The van der Waals surface area contributed by atoms with E-state index in [1.54, 1.807) is 18.2 Å². The molecule has 1 fully saturated rings. The van der Waals surface area contributed by atoms with Gasteiger partial charge in [0.15, 0.2) is 0 Å². The van der Waals surface area contributed by atoms with Crippen LogP contribution in [0.2, 0.25) is 0 Å². The van der Waals surface area contributed by atoms with Crippen molar-refractivity contribution in [2.45, 2.75) is 13.0 Å². The lowest BCUT2D eigenvalue weighted by Gasteiger charge is -2.31. The summed E-state index contributed by atoms with van der Waals surface area (Å²) in [6, 6.07) is 4.82. The van der Waals surface area contributed by atoms with E-state index in [0.717, 1.165) is 19.6 Å². The summed E-state index contributed by atoms with van der Waals surface area (Å²) >= 11 is 0. The first-order valence-corrected chi connectivity index (χ1v) is 6.76. The third-order valence-electron chi connectivity index (χ3n) is 3.37. The van der Waals surface area contributed by atoms with Gasteiger partial charge in [0.1, 0.15) is 18.5 Å². The molecule has 1 aromatic carbocycles. The first-order chi connectivity index (χ1) is 9.60. The number of rotatable bonds is 5. The predicted octanol–water partition coefficient (Wildman–Crippen LogP) is 0.467. The molecule has 0 radical (unpaired) electrons. The molecule has 1 aliphatic heterocycles. The highest BCUT2D eigenvalue weighted by Crippen LogP contribution is 2.22. The maximum Gasteiger partial charge on any atom is 0.252 e. The van der Waals surface area contributed by atoms with Crippen molar-refractivity contribution in [1.29, 1.82) is 0 Å². The minimum absolute atomic E-state index is 0.00847. The quantitative estimate of drug-likeness (QED) is 0.764. The maximum atomic E-state index is 11.3. The Hall–Kier alpha value is -1.79. The average Bonchev–Trinajstić information content (AvgIpc) is 2.45. The Morgan fingerprint density at radius 3 is 3.05 bits per heavy atom. The van der Waals surface area contributed by atoms with E-state index in [1.165, 1.54) is 0 Å². The summed E-state index contributed by atoms with van der Waals surface area (Å²) in [6.45, 7) is 5.95. The lowest BCUT2D eigenvalue weighted by atomic mass is 10.1. The van der Waals surface area contributed by atoms with E-state index in [1.807, 2.05) is 0 Å². The summed E-state index contributed by atoms with van der Waals surface area (Å²) in [5.41, 5.74) is 11.9. The fraction of sp³-hybridized carbons (Fsp3) is 0.500. The zero-order valence-corrected chi connectivity index (χ0v) is 11.7. The highest BCUT2D eigenvalue weighted by atomic mass is 16.5. The van der Waals surface area contributed by atoms with Gasteiger partial charge in [-0.15, -0.1) is 0 Å². The van der Waals surface area contributed by atoms with Crippen molar-refractivity contribution in [1.82, 2.24) is 4.90 Å². The zero-order valence-electron chi connectivity index (χ0n) is 11.7. The molecular formula is C14H21N3O3. The Morgan fingerprint density at radius 1 is 1.55 bits per heavy atom. The number of carbonyl (C=O) groups is 1. The van der Waals surface area contributed by atoms with Crippen molar-refractivity contribution < 1.29 is 14.3 Å². The van der Waals surface area contributed by atoms with Gasteiger partial charge in [-0.05, 0) is 18.7 Å². The number of amides is 1. The van der Waals surface area contributed by atoms with E-state index in [0.29, 0.717) is 30.2 Å². The van der Waals surface area contributed by atoms with E-state index < -0.39 is 5.91 Å². The second-order valence-corrected chi connectivity index (χ2v) is 4.82. The summed E-state index contributed by atoms with van der Waals surface area (Å²) in [5.74, 6) is -0.116. The number of primary amides is 1. The van der Waals surface area contributed by atoms with Crippen molar-refractivity contribution in [3.8, 4) is 5.75 Å². The van der Waals surface area contributed by atoms with Crippen LogP contribution in [0.4, 0.5) is 5.69 Å². The van der Waals surface area contributed by atoms with Gasteiger partial charge < -0.3 is 20.9 Å². The average molecular weight is 279 g/mol. The van der Waals surface area contributed by atoms with Crippen molar-refractivity contribution >= 4 is 11.6 Å². The van der Waals surface area contributed by atoms with Crippen molar-refractivity contribution in [3.05, 3.63) is 23.8 Å². The van der Waals surface area contributed by atoms with Crippen LogP contribution in [0.3, 0.4) is 0 Å². The number of ether oxygens (including phenoxy) is 2. The number of likely N-dealkylation sites (N-methyl/N-ethyl adjacent to an activating group) is 1. The lowest BCUT2D eigenvalue weighted by Crippen LogP contribution is -2.44. The van der Waals surface area contributed by atoms with Crippen LogP contribution in [0.25, 0.3) is 0 Å². The first-order valence-electron chi connectivity index (χ1n) is 6.76. The monoisotopic (exact) mass is 279 g/mol. The predicted molar refractivity (Wildman–Crippen MR) is 76.7 cm³/mol. The molecule has 0 saturated carbocycles. The molecule has 0 spiro atoms. The van der Waals surface area contributed by atoms with Gasteiger partial charge in [0.05, 0.1) is 12.2 Å². The Labute approximate surface area is 118 Å². The zero-order chi connectivity index (χ0) is 14.5. The molecule has 6 nitrogen and oxygen atoms in total. The molecule has 2 rings (SSSR count). The van der Waals surface area contributed by atoms with Crippen LogP contribution >= 0.6 is 0 Å². The number of nitrogen functional groups attached to an aromatic ring is 1. The molecule has 110 valence electrons. The molecule has 1 atom stereocenters. The van der Waals surface area contributed by atoms with Crippen LogP contribution < -0.4 is 16.2 Å². The highest BCUT2D eigenvalue weighted by Gasteiger charge is 2.20. The van der Waals surface area contributed by atoms with Crippen LogP contribution in [-0.2, 0) is 4.74 Å². The molecule has 0 aromatic heterocycles. The van der Waals surface area contributed by atoms with E-state index in [-0.39, 0.29) is 6.10 Å². The topological polar surface area (TPSA) is 90.8 Å². The summed E-state index contributed by atoms with van der Waals surface area (Å²) in [5, 5.41) is 0. The Balaban J connectivity index is 1.99. The van der Waals surface area contributed by atoms with Crippen LogP contribution in [-0.4, -0.2) is 49.8 Å². The minimum Gasteiger partial charge on any atom is -0.490 e. The van der Waals surface area contributed by atoms with E-state index in [2.05, 4.69) is 11.8 Å². The van der Waals surface area contributed by atoms with Gasteiger partial charge in [0.25, 0.3) is 5.91 Å². The van der Waals surface area contributed by atoms with Crippen LogP contribution in [0.1, 0.15) is 17.3 Å². The number of morpholine rings is 1. The molecule has 0 bridgehead atoms. The van der Waals surface area contributed by atoms with Gasteiger partial charge in [-0.2, -0.15) is 0 Å². The van der Waals surface area contributed by atoms with Crippen molar-refractivity contribution in [2.75, 3.05) is 38.6 Å². The fourth-order valence-electron chi connectivity index (χ4n) is 2.21. The SMILES string of the molecule is CCN1CCOC(COc2cc(N)ccc2C(N)=O)C1. The molecule has 1 heterocycles. The molecule has 1 amide bonds. The number of nitrogens with two attached hydrogens (primary N) is 2. The van der Waals surface area contributed by atoms with E-state index >= 15 is 0 Å². The number of hydrogen-bond donors (Lipinski definition) is 2. The number of anilines is 1. The first kappa shape index (κ1) is 14.6. The molecular weight excluding hydrogens is 258 g/mol. The molecule has 20 heavy (non-hydrogen) atoms. The summed E-state index contributed by atoms with van der Waals surface area (Å²) in [6.07, 6.45) is -0.00847. The van der Waals surface area contributed by atoms with Gasteiger partial charge in [-0.1, -0.05) is 6.92 Å². The largest absolute Gasteiger partial charge is 0.490 e. The second-order valence-electron chi connectivity index (χ2n) is 4.82. The van der Waals surface area contributed by atoms with Gasteiger partial charge >= 0.3 is 0 Å². The molecule has 6 heteroatoms. The van der Waals surface area contributed by atoms with Crippen LogP contribution in [0, 0.1) is 0 Å². The molecule has 1 aromatic rings. The second kappa shape index (κ2) is 6.58. The summed E-state index contributed by atoms with van der Waals surface area (Å²) in [4.78, 5) is 13.6. The van der Waals surface area contributed by atoms with E-state index in [9.17, 15) is 4.79 Å². The normalized spacial score (nSPS) is 19.8. The van der Waals surface area contributed by atoms with Crippen molar-refractivity contribution in [3.63, 3.8) is 0 Å². The Morgan fingerprint density at radius 2 is 2.35 bits per heavy atom. The Kier molecular flexibility index (Phi) is 4.81.